The van der Waals surface area contributed by atoms with Crippen molar-refractivity contribution in [1.29, 1.82) is 0 Å². The Bertz CT molecular complexity index is 636. The molecule has 0 saturated carbocycles. The first-order valence-electron chi connectivity index (χ1n) is 8.09. The van der Waals surface area contributed by atoms with E-state index in [9.17, 15) is 5.11 Å². The molecule has 0 amide bonds. The van der Waals surface area contributed by atoms with Crippen LogP contribution in [0.1, 0.15) is 40.5 Å². The Morgan fingerprint density at radius 3 is 2.83 bits per heavy atom. The predicted octanol–water partition coefficient (Wildman–Crippen LogP) is 3.56. The van der Waals surface area contributed by atoms with E-state index in [1.807, 2.05) is 17.8 Å². The smallest absolute Gasteiger partial charge is 0.0975 e. The van der Waals surface area contributed by atoms with Crippen molar-refractivity contribution in [2.45, 2.75) is 38.3 Å². The van der Waals surface area contributed by atoms with Crippen molar-refractivity contribution < 1.29 is 5.11 Å². The molecule has 2 N–H and O–H groups in total. The molecule has 1 aliphatic heterocycles. The second-order valence-corrected chi connectivity index (χ2v) is 8.57. The maximum Gasteiger partial charge on any atom is 0.0975 e. The number of rotatable bonds is 6. The topological polar surface area (TPSA) is 45.2 Å². The lowest BCUT2D eigenvalue weighted by molar-refractivity contribution is 0.0652. The SMILES string of the molecule is Cc1nc(Cc2ccccc2)sc1C(C)NCC1(O)CCSC1. The first-order chi connectivity index (χ1) is 11.1. The molecule has 23 heavy (non-hydrogen) atoms. The Kier molecular flexibility index (Phi) is 5.42. The summed E-state index contributed by atoms with van der Waals surface area (Å²) in [6.45, 7) is 4.91. The van der Waals surface area contributed by atoms with Crippen LogP contribution in [0.3, 0.4) is 0 Å². The van der Waals surface area contributed by atoms with Crippen LogP contribution in [-0.4, -0.2) is 33.7 Å². The number of nitrogens with one attached hydrogen (secondary N) is 1. The lowest BCUT2D eigenvalue weighted by Gasteiger charge is -2.24. The number of hydrogen-bond donors (Lipinski definition) is 2. The maximum atomic E-state index is 10.5. The van der Waals surface area contributed by atoms with E-state index >= 15 is 0 Å². The van der Waals surface area contributed by atoms with Crippen LogP contribution in [0, 0.1) is 6.92 Å². The lowest BCUT2D eigenvalue weighted by atomic mass is 10.0. The quantitative estimate of drug-likeness (QED) is 0.838. The first kappa shape index (κ1) is 17.0. The second kappa shape index (κ2) is 7.34. The zero-order valence-corrected chi connectivity index (χ0v) is 15.3. The molecule has 2 aromatic rings. The summed E-state index contributed by atoms with van der Waals surface area (Å²) < 4.78 is 0. The van der Waals surface area contributed by atoms with Crippen LogP contribution < -0.4 is 5.32 Å². The van der Waals surface area contributed by atoms with Gasteiger partial charge < -0.3 is 10.4 Å². The predicted molar refractivity (Wildman–Crippen MR) is 99.4 cm³/mol. The highest BCUT2D eigenvalue weighted by Crippen LogP contribution is 2.30. The largest absolute Gasteiger partial charge is 0.388 e. The Labute approximate surface area is 146 Å². The molecule has 0 aliphatic carbocycles. The average molecular weight is 349 g/mol. The molecule has 0 spiro atoms. The van der Waals surface area contributed by atoms with Crippen LogP contribution in [0.4, 0.5) is 0 Å². The molecule has 1 aromatic carbocycles. The Morgan fingerprint density at radius 1 is 1.35 bits per heavy atom. The van der Waals surface area contributed by atoms with Gasteiger partial charge in [0.15, 0.2) is 0 Å². The van der Waals surface area contributed by atoms with E-state index in [-0.39, 0.29) is 6.04 Å². The molecule has 3 nitrogen and oxygen atoms in total. The summed E-state index contributed by atoms with van der Waals surface area (Å²) in [5.41, 5.74) is 1.86. The molecule has 1 fully saturated rings. The molecular weight excluding hydrogens is 324 g/mol. The van der Waals surface area contributed by atoms with Crippen molar-refractivity contribution in [3.05, 3.63) is 51.5 Å². The highest BCUT2D eigenvalue weighted by atomic mass is 32.2. The minimum absolute atomic E-state index is 0.228. The van der Waals surface area contributed by atoms with Gasteiger partial charge in [0, 0.05) is 29.6 Å². The zero-order chi connectivity index (χ0) is 16.3. The number of thiazole rings is 1. The number of hydrogen-bond acceptors (Lipinski definition) is 5. The molecule has 2 atom stereocenters. The Morgan fingerprint density at radius 2 is 2.13 bits per heavy atom. The molecule has 1 aromatic heterocycles. The summed E-state index contributed by atoms with van der Waals surface area (Å²) in [6, 6.07) is 10.7. The van der Waals surface area contributed by atoms with Crippen LogP contribution in [0.5, 0.6) is 0 Å². The number of aliphatic hydroxyl groups is 1. The van der Waals surface area contributed by atoms with E-state index in [0.29, 0.717) is 6.54 Å². The standard InChI is InChI=1S/C18H24N2OS2/c1-13(19-11-18(21)8-9-22-12-18)17-14(2)20-16(23-17)10-15-6-4-3-5-7-15/h3-7,13,19,21H,8-12H2,1-2H3. The van der Waals surface area contributed by atoms with E-state index in [1.165, 1.54) is 10.4 Å². The first-order valence-corrected chi connectivity index (χ1v) is 10.1. The normalized spacial score (nSPS) is 22.4. The highest BCUT2D eigenvalue weighted by molar-refractivity contribution is 7.99. The van der Waals surface area contributed by atoms with Gasteiger partial charge >= 0.3 is 0 Å². The minimum Gasteiger partial charge on any atom is -0.388 e. The summed E-state index contributed by atoms with van der Waals surface area (Å²) in [6.07, 6.45) is 1.78. The van der Waals surface area contributed by atoms with E-state index in [1.54, 1.807) is 11.3 Å². The third-order valence-corrected chi connectivity index (χ3v) is 6.86. The van der Waals surface area contributed by atoms with Gasteiger partial charge in [0.2, 0.25) is 0 Å². The van der Waals surface area contributed by atoms with E-state index in [0.717, 1.165) is 35.0 Å². The summed E-state index contributed by atoms with van der Waals surface area (Å²) in [7, 11) is 0. The fraction of sp³-hybridized carbons (Fsp3) is 0.500. The summed E-state index contributed by atoms with van der Waals surface area (Å²) >= 11 is 3.62. The van der Waals surface area contributed by atoms with Crippen molar-refractivity contribution in [3.63, 3.8) is 0 Å². The van der Waals surface area contributed by atoms with Crippen molar-refractivity contribution in [3.8, 4) is 0 Å². The van der Waals surface area contributed by atoms with Crippen molar-refractivity contribution in [2.24, 2.45) is 0 Å². The van der Waals surface area contributed by atoms with Gasteiger partial charge in [-0.05, 0) is 31.6 Å². The van der Waals surface area contributed by atoms with Gasteiger partial charge in [-0.15, -0.1) is 11.3 Å². The molecule has 124 valence electrons. The Balaban J connectivity index is 1.63. The summed E-state index contributed by atoms with van der Waals surface area (Å²) in [5, 5.41) is 15.1. The zero-order valence-electron chi connectivity index (χ0n) is 13.7. The summed E-state index contributed by atoms with van der Waals surface area (Å²) in [5.74, 6) is 1.90. The molecular formula is C18H24N2OS2. The number of aromatic nitrogens is 1. The van der Waals surface area contributed by atoms with Crippen LogP contribution in [-0.2, 0) is 6.42 Å². The molecule has 0 bridgehead atoms. The molecule has 3 rings (SSSR count). The van der Waals surface area contributed by atoms with Crippen LogP contribution in [0.15, 0.2) is 30.3 Å². The van der Waals surface area contributed by atoms with Crippen molar-refractivity contribution in [1.82, 2.24) is 10.3 Å². The second-order valence-electron chi connectivity index (χ2n) is 6.35. The Hall–Kier alpha value is -0.880. The minimum atomic E-state index is -0.537. The molecule has 5 heteroatoms. The highest BCUT2D eigenvalue weighted by Gasteiger charge is 2.32. The lowest BCUT2D eigenvalue weighted by Crippen LogP contribution is -2.41. The number of nitrogens with zero attached hydrogens (tertiary/aromatic N) is 1. The van der Waals surface area contributed by atoms with Gasteiger partial charge in [-0.1, -0.05) is 30.3 Å². The number of aryl methyl sites for hydroxylation is 1. The van der Waals surface area contributed by atoms with Crippen LogP contribution in [0.25, 0.3) is 0 Å². The molecule has 1 aliphatic rings. The third-order valence-electron chi connectivity index (χ3n) is 4.29. The molecule has 0 radical (unpaired) electrons. The van der Waals surface area contributed by atoms with E-state index in [2.05, 4.69) is 43.4 Å². The number of thioether (sulfide) groups is 1. The average Bonchev–Trinajstić information content (AvgIpc) is 3.13. The van der Waals surface area contributed by atoms with Crippen LogP contribution in [0.2, 0.25) is 0 Å². The molecule has 2 heterocycles. The van der Waals surface area contributed by atoms with E-state index in [4.69, 9.17) is 4.98 Å². The number of benzene rings is 1. The van der Waals surface area contributed by atoms with Crippen molar-refractivity contribution >= 4 is 23.1 Å². The van der Waals surface area contributed by atoms with Gasteiger partial charge in [0.25, 0.3) is 0 Å². The fourth-order valence-electron chi connectivity index (χ4n) is 2.89. The van der Waals surface area contributed by atoms with Gasteiger partial charge in [-0.3, -0.25) is 0 Å². The van der Waals surface area contributed by atoms with Gasteiger partial charge in [0.1, 0.15) is 0 Å². The third kappa shape index (κ3) is 4.35. The molecule has 2 unspecified atom stereocenters. The summed E-state index contributed by atoms with van der Waals surface area (Å²) in [4.78, 5) is 6.02. The van der Waals surface area contributed by atoms with Gasteiger partial charge in [-0.25, -0.2) is 4.98 Å². The maximum absolute atomic E-state index is 10.5. The van der Waals surface area contributed by atoms with Gasteiger partial charge in [0.05, 0.1) is 16.3 Å². The van der Waals surface area contributed by atoms with Crippen molar-refractivity contribution in [2.75, 3.05) is 18.1 Å². The fourth-order valence-corrected chi connectivity index (χ4v) is 5.31. The van der Waals surface area contributed by atoms with Crippen LogP contribution >= 0.6 is 23.1 Å². The van der Waals surface area contributed by atoms with Gasteiger partial charge in [-0.2, -0.15) is 11.8 Å². The van der Waals surface area contributed by atoms with E-state index < -0.39 is 5.60 Å². The monoisotopic (exact) mass is 348 g/mol. The molecule has 1 saturated heterocycles.